The molecule has 0 saturated heterocycles. The minimum Gasteiger partial charge on any atom is -0.385 e. The Bertz CT molecular complexity index is 460. The van der Waals surface area contributed by atoms with Gasteiger partial charge in [-0.3, -0.25) is 4.79 Å². The number of amides is 3. The van der Waals surface area contributed by atoms with Crippen molar-refractivity contribution in [2.24, 2.45) is 0 Å². The van der Waals surface area contributed by atoms with Crippen LogP contribution in [0.15, 0.2) is 24.3 Å². The molecule has 0 unspecified atom stereocenters. The summed E-state index contributed by atoms with van der Waals surface area (Å²) in [6, 6.07) is 7.07. The van der Waals surface area contributed by atoms with Gasteiger partial charge in [0.05, 0.1) is 0 Å². The van der Waals surface area contributed by atoms with Crippen molar-refractivity contribution in [1.82, 2.24) is 15.5 Å². The molecular formula is C15H23N3O3. The molecule has 0 spiro atoms. The lowest BCUT2D eigenvalue weighted by Crippen LogP contribution is -2.37. The van der Waals surface area contributed by atoms with Gasteiger partial charge in [-0.15, -0.1) is 0 Å². The molecule has 6 nitrogen and oxygen atoms in total. The molecule has 0 bridgehead atoms. The van der Waals surface area contributed by atoms with E-state index in [1.54, 1.807) is 38.2 Å². The van der Waals surface area contributed by atoms with Crippen molar-refractivity contribution in [2.45, 2.75) is 13.0 Å². The zero-order chi connectivity index (χ0) is 15.7. The number of nitrogens with zero attached hydrogens (tertiary/aromatic N) is 1. The van der Waals surface area contributed by atoms with E-state index >= 15 is 0 Å². The van der Waals surface area contributed by atoms with Crippen molar-refractivity contribution in [1.29, 1.82) is 0 Å². The van der Waals surface area contributed by atoms with Gasteiger partial charge in [0.1, 0.15) is 0 Å². The van der Waals surface area contributed by atoms with E-state index in [2.05, 4.69) is 10.6 Å². The molecular weight excluding hydrogens is 270 g/mol. The van der Waals surface area contributed by atoms with Crippen molar-refractivity contribution in [3.05, 3.63) is 35.4 Å². The predicted molar refractivity (Wildman–Crippen MR) is 81.2 cm³/mol. The molecule has 3 amide bonds. The van der Waals surface area contributed by atoms with Crippen molar-refractivity contribution in [3.8, 4) is 0 Å². The van der Waals surface area contributed by atoms with Crippen LogP contribution < -0.4 is 10.6 Å². The summed E-state index contributed by atoms with van der Waals surface area (Å²) in [5.74, 6) is -0.120. The number of ether oxygens (including phenoxy) is 1. The standard InChI is InChI=1S/C15H23N3O3/c1-16-14(19)13-7-5-12(6-8-13)11-18(2)15(20)17-9-4-10-21-3/h5-8H,4,9-11H2,1-3H3,(H,16,19)(H,17,20). The van der Waals surface area contributed by atoms with Gasteiger partial charge in [-0.25, -0.2) is 4.79 Å². The zero-order valence-corrected chi connectivity index (χ0v) is 12.8. The van der Waals surface area contributed by atoms with E-state index in [0.29, 0.717) is 25.3 Å². The fourth-order valence-corrected chi connectivity index (χ4v) is 1.80. The Morgan fingerprint density at radius 3 is 2.48 bits per heavy atom. The minimum atomic E-state index is -0.124. The highest BCUT2D eigenvalue weighted by Crippen LogP contribution is 2.07. The highest BCUT2D eigenvalue weighted by molar-refractivity contribution is 5.93. The third-order valence-corrected chi connectivity index (χ3v) is 3.01. The normalized spacial score (nSPS) is 10.0. The first-order valence-electron chi connectivity index (χ1n) is 6.87. The van der Waals surface area contributed by atoms with Gasteiger partial charge in [0.2, 0.25) is 0 Å². The number of nitrogens with one attached hydrogen (secondary N) is 2. The molecule has 0 radical (unpaired) electrons. The van der Waals surface area contributed by atoms with Crippen LogP contribution in [-0.2, 0) is 11.3 Å². The van der Waals surface area contributed by atoms with Gasteiger partial charge in [-0.2, -0.15) is 0 Å². The first-order chi connectivity index (χ1) is 10.1. The van der Waals surface area contributed by atoms with Crippen LogP contribution in [0.3, 0.4) is 0 Å². The first-order valence-corrected chi connectivity index (χ1v) is 6.87. The smallest absolute Gasteiger partial charge is 0.317 e. The average molecular weight is 293 g/mol. The predicted octanol–water partition coefficient (Wildman–Crippen LogP) is 1.22. The SMILES string of the molecule is CNC(=O)c1ccc(CN(C)C(=O)NCCCOC)cc1. The van der Waals surface area contributed by atoms with Crippen LogP contribution in [0.2, 0.25) is 0 Å². The Morgan fingerprint density at radius 1 is 1.24 bits per heavy atom. The molecule has 21 heavy (non-hydrogen) atoms. The van der Waals surface area contributed by atoms with Crippen LogP contribution >= 0.6 is 0 Å². The van der Waals surface area contributed by atoms with Gasteiger partial charge in [0.25, 0.3) is 5.91 Å². The molecule has 0 aliphatic rings. The molecule has 0 aliphatic heterocycles. The zero-order valence-electron chi connectivity index (χ0n) is 12.8. The summed E-state index contributed by atoms with van der Waals surface area (Å²) >= 11 is 0. The lowest BCUT2D eigenvalue weighted by molar-refractivity contribution is 0.0963. The third-order valence-electron chi connectivity index (χ3n) is 3.01. The lowest BCUT2D eigenvalue weighted by Gasteiger charge is -2.18. The van der Waals surface area contributed by atoms with E-state index in [1.807, 2.05) is 12.1 Å². The Kier molecular flexibility index (Phi) is 7.25. The number of carbonyl (C=O) groups is 2. The molecule has 0 atom stereocenters. The van der Waals surface area contributed by atoms with E-state index in [4.69, 9.17) is 4.74 Å². The maximum atomic E-state index is 11.8. The minimum absolute atomic E-state index is 0.120. The number of methoxy groups -OCH3 is 1. The Labute approximate surface area is 125 Å². The summed E-state index contributed by atoms with van der Waals surface area (Å²) in [6.07, 6.45) is 0.789. The maximum Gasteiger partial charge on any atom is 0.317 e. The second kappa shape index (κ2) is 8.97. The van der Waals surface area contributed by atoms with E-state index < -0.39 is 0 Å². The molecule has 116 valence electrons. The number of benzene rings is 1. The monoisotopic (exact) mass is 293 g/mol. The third kappa shape index (κ3) is 5.83. The summed E-state index contributed by atoms with van der Waals surface area (Å²) in [7, 11) is 4.96. The molecule has 0 saturated carbocycles. The molecule has 0 fully saturated rings. The van der Waals surface area contributed by atoms with E-state index in [-0.39, 0.29) is 11.9 Å². The molecule has 0 aliphatic carbocycles. The number of hydrogen-bond acceptors (Lipinski definition) is 3. The van der Waals surface area contributed by atoms with Crippen molar-refractivity contribution >= 4 is 11.9 Å². The van der Waals surface area contributed by atoms with Crippen LogP contribution in [0.25, 0.3) is 0 Å². The van der Waals surface area contributed by atoms with Crippen LogP contribution in [0, 0.1) is 0 Å². The highest BCUT2D eigenvalue weighted by atomic mass is 16.5. The summed E-state index contributed by atoms with van der Waals surface area (Å²) in [5.41, 5.74) is 1.57. The molecule has 1 aromatic carbocycles. The van der Waals surface area contributed by atoms with Gasteiger partial charge in [0.15, 0.2) is 0 Å². The van der Waals surface area contributed by atoms with Crippen LogP contribution in [0.5, 0.6) is 0 Å². The van der Waals surface area contributed by atoms with Gasteiger partial charge in [-0.1, -0.05) is 12.1 Å². The van der Waals surface area contributed by atoms with E-state index in [0.717, 1.165) is 12.0 Å². The van der Waals surface area contributed by atoms with Crippen LogP contribution in [0.1, 0.15) is 22.3 Å². The highest BCUT2D eigenvalue weighted by Gasteiger charge is 2.09. The molecule has 0 heterocycles. The first kappa shape index (κ1) is 17.0. The number of carbonyl (C=O) groups excluding carboxylic acids is 2. The van der Waals surface area contributed by atoms with Gasteiger partial charge < -0.3 is 20.3 Å². The maximum absolute atomic E-state index is 11.8. The molecule has 1 rings (SSSR count). The van der Waals surface area contributed by atoms with Crippen molar-refractivity contribution in [3.63, 3.8) is 0 Å². The molecule has 0 aromatic heterocycles. The average Bonchev–Trinajstić information content (AvgIpc) is 2.51. The van der Waals surface area contributed by atoms with Gasteiger partial charge >= 0.3 is 6.03 Å². The summed E-state index contributed by atoms with van der Waals surface area (Å²) in [4.78, 5) is 24.9. The summed E-state index contributed by atoms with van der Waals surface area (Å²) in [6.45, 7) is 1.71. The van der Waals surface area contributed by atoms with Crippen molar-refractivity contribution in [2.75, 3.05) is 34.4 Å². The topological polar surface area (TPSA) is 70.7 Å². The molecule has 6 heteroatoms. The Morgan fingerprint density at radius 2 is 1.90 bits per heavy atom. The Hall–Kier alpha value is -2.08. The fraction of sp³-hybridized carbons (Fsp3) is 0.467. The number of rotatable bonds is 7. The van der Waals surface area contributed by atoms with E-state index in [1.165, 1.54) is 0 Å². The second-order valence-electron chi connectivity index (χ2n) is 4.71. The van der Waals surface area contributed by atoms with Crippen molar-refractivity contribution < 1.29 is 14.3 Å². The number of urea groups is 1. The van der Waals surface area contributed by atoms with Gasteiger partial charge in [-0.05, 0) is 24.1 Å². The fourth-order valence-electron chi connectivity index (χ4n) is 1.80. The number of hydrogen-bond donors (Lipinski definition) is 2. The lowest BCUT2D eigenvalue weighted by atomic mass is 10.1. The second-order valence-corrected chi connectivity index (χ2v) is 4.71. The Balaban J connectivity index is 2.44. The van der Waals surface area contributed by atoms with E-state index in [9.17, 15) is 9.59 Å². The quantitative estimate of drug-likeness (QED) is 0.743. The summed E-state index contributed by atoms with van der Waals surface area (Å²) < 4.78 is 4.92. The van der Waals surface area contributed by atoms with Crippen LogP contribution in [0.4, 0.5) is 4.79 Å². The van der Waals surface area contributed by atoms with Crippen LogP contribution in [-0.4, -0.2) is 51.2 Å². The largest absolute Gasteiger partial charge is 0.385 e. The summed E-state index contributed by atoms with van der Waals surface area (Å²) in [5, 5.41) is 5.39. The molecule has 1 aromatic rings. The molecule has 2 N–H and O–H groups in total. The van der Waals surface area contributed by atoms with Gasteiger partial charge in [0, 0.05) is 46.5 Å².